The zero-order valence-electron chi connectivity index (χ0n) is 12.2. The molecule has 1 saturated heterocycles. The maximum absolute atomic E-state index is 12.6. The van der Waals surface area contributed by atoms with Crippen molar-refractivity contribution < 1.29 is 4.79 Å². The van der Waals surface area contributed by atoms with E-state index < -0.39 is 0 Å². The van der Waals surface area contributed by atoms with Crippen molar-refractivity contribution in [3.63, 3.8) is 0 Å². The van der Waals surface area contributed by atoms with Crippen LogP contribution in [-0.4, -0.2) is 48.4 Å². The molecule has 1 aliphatic rings. The van der Waals surface area contributed by atoms with Crippen molar-refractivity contribution in [2.45, 2.75) is 0 Å². The molecule has 0 bridgehead atoms. The van der Waals surface area contributed by atoms with E-state index in [-0.39, 0.29) is 5.91 Å². The van der Waals surface area contributed by atoms with Crippen molar-refractivity contribution in [2.24, 2.45) is 0 Å². The summed E-state index contributed by atoms with van der Waals surface area (Å²) in [6, 6.07) is 14.1. The molecule has 21 heavy (non-hydrogen) atoms. The number of hydrogen-bond donors (Lipinski definition) is 0. The molecule has 3 rings (SSSR count). The van der Waals surface area contributed by atoms with E-state index in [1.165, 1.54) is 5.39 Å². The molecule has 2 aromatic carbocycles. The van der Waals surface area contributed by atoms with Crippen molar-refractivity contribution in [1.29, 1.82) is 0 Å². The van der Waals surface area contributed by atoms with Crippen LogP contribution in [0.3, 0.4) is 0 Å². The van der Waals surface area contributed by atoms with Gasteiger partial charge in [-0.1, -0.05) is 36.4 Å². The summed E-state index contributed by atoms with van der Waals surface area (Å²) in [5.74, 6) is 0.138. The third-order valence-electron chi connectivity index (χ3n) is 4.04. The van der Waals surface area contributed by atoms with Crippen molar-refractivity contribution in [3.05, 3.63) is 60.7 Å². The van der Waals surface area contributed by atoms with Gasteiger partial charge in [0.2, 0.25) is 0 Å². The van der Waals surface area contributed by atoms with Gasteiger partial charge in [-0.05, 0) is 22.9 Å². The molecule has 0 unspecified atom stereocenters. The lowest BCUT2D eigenvalue weighted by Crippen LogP contribution is -2.48. The molecule has 1 heterocycles. The van der Waals surface area contributed by atoms with Crippen LogP contribution in [0.4, 0.5) is 0 Å². The fourth-order valence-electron chi connectivity index (χ4n) is 2.82. The van der Waals surface area contributed by atoms with Crippen LogP contribution in [0.5, 0.6) is 0 Å². The fourth-order valence-corrected chi connectivity index (χ4v) is 2.82. The second-order valence-corrected chi connectivity index (χ2v) is 5.44. The molecule has 0 atom stereocenters. The van der Waals surface area contributed by atoms with Gasteiger partial charge in [0, 0.05) is 38.3 Å². The number of benzene rings is 2. The van der Waals surface area contributed by atoms with Crippen LogP contribution >= 0.6 is 0 Å². The lowest BCUT2D eigenvalue weighted by atomic mass is 10.1. The van der Waals surface area contributed by atoms with Gasteiger partial charge >= 0.3 is 0 Å². The maximum atomic E-state index is 12.6. The Morgan fingerprint density at radius 2 is 1.76 bits per heavy atom. The summed E-state index contributed by atoms with van der Waals surface area (Å²) in [4.78, 5) is 16.9. The molecule has 108 valence electrons. The zero-order valence-corrected chi connectivity index (χ0v) is 12.2. The second-order valence-electron chi connectivity index (χ2n) is 5.44. The first-order valence-corrected chi connectivity index (χ1v) is 7.39. The smallest absolute Gasteiger partial charge is 0.253 e. The molecule has 1 amide bonds. The van der Waals surface area contributed by atoms with E-state index in [1.54, 1.807) is 0 Å². The van der Waals surface area contributed by atoms with E-state index in [9.17, 15) is 4.79 Å². The first kappa shape index (κ1) is 13.8. The van der Waals surface area contributed by atoms with Gasteiger partial charge in [-0.3, -0.25) is 9.69 Å². The predicted octanol–water partition coefficient (Wildman–Crippen LogP) is 2.78. The molecule has 3 nitrogen and oxygen atoms in total. The van der Waals surface area contributed by atoms with E-state index in [0.717, 1.165) is 43.7 Å². The monoisotopic (exact) mass is 280 g/mol. The van der Waals surface area contributed by atoms with Gasteiger partial charge in [0.1, 0.15) is 0 Å². The van der Waals surface area contributed by atoms with Gasteiger partial charge in [-0.25, -0.2) is 0 Å². The Morgan fingerprint density at radius 3 is 2.48 bits per heavy atom. The third-order valence-corrected chi connectivity index (χ3v) is 4.04. The summed E-state index contributed by atoms with van der Waals surface area (Å²) in [6.07, 6.45) is 1.92. The molecule has 0 N–H and O–H groups in total. The average Bonchev–Trinajstić information content (AvgIpc) is 2.55. The molecule has 3 heteroatoms. The van der Waals surface area contributed by atoms with Gasteiger partial charge in [0.25, 0.3) is 5.91 Å². The molecule has 0 aliphatic carbocycles. The third kappa shape index (κ3) is 2.98. The van der Waals surface area contributed by atoms with E-state index in [2.05, 4.69) is 17.5 Å². The SMILES string of the molecule is C=CCN1CCN(C(=O)c2ccc3ccccc3c2)CC1. The van der Waals surface area contributed by atoms with Gasteiger partial charge in [0.05, 0.1) is 0 Å². The Morgan fingerprint density at radius 1 is 1.05 bits per heavy atom. The fraction of sp³-hybridized carbons (Fsp3) is 0.278. The highest BCUT2D eigenvalue weighted by Crippen LogP contribution is 2.17. The highest BCUT2D eigenvalue weighted by atomic mass is 16.2. The van der Waals surface area contributed by atoms with Gasteiger partial charge in [0.15, 0.2) is 0 Å². The largest absolute Gasteiger partial charge is 0.336 e. The van der Waals surface area contributed by atoms with Crippen molar-refractivity contribution in [1.82, 2.24) is 9.80 Å². The number of hydrogen-bond acceptors (Lipinski definition) is 2. The number of rotatable bonds is 3. The van der Waals surface area contributed by atoms with E-state index in [4.69, 9.17) is 0 Å². The summed E-state index contributed by atoms with van der Waals surface area (Å²) in [5, 5.41) is 2.29. The van der Waals surface area contributed by atoms with Crippen molar-refractivity contribution in [2.75, 3.05) is 32.7 Å². The molecule has 1 fully saturated rings. The van der Waals surface area contributed by atoms with E-state index in [0.29, 0.717) is 0 Å². The van der Waals surface area contributed by atoms with Crippen LogP contribution < -0.4 is 0 Å². The number of carbonyl (C=O) groups excluding carboxylic acids is 1. The maximum Gasteiger partial charge on any atom is 0.253 e. The Balaban J connectivity index is 1.73. The van der Waals surface area contributed by atoms with Gasteiger partial charge in [-0.2, -0.15) is 0 Å². The van der Waals surface area contributed by atoms with Crippen LogP contribution in [0, 0.1) is 0 Å². The molecular formula is C18H20N2O. The number of nitrogens with zero attached hydrogens (tertiary/aromatic N) is 2. The molecule has 0 spiro atoms. The normalized spacial score (nSPS) is 16.1. The second kappa shape index (κ2) is 6.10. The van der Waals surface area contributed by atoms with Gasteiger partial charge in [-0.15, -0.1) is 6.58 Å². The molecular weight excluding hydrogens is 260 g/mol. The first-order chi connectivity index (χ1) is 10.3. The van der Waals surface area contributed by atoms with Crippen LogP contribution in [0.15, 0.2) is 55.1 Å². The average molecular weight is 280 g/mol. The molecule has 2 aromatic rings. The predicted molar refractivity (Wildman–Crippen MR) is 86.5 cm³/mol. The topological polar surface area (TPSA) is 23.6 Å². The standard InChI is InChI=1S/C18H20N2O/c1-2-9-19-10-12-20(13-11-19)18(21)17-8-7-15-5-3-4-6-16(15)14-17/h2-8,14H,1,9-13H2. The van der Waals surface area contributed by atoms with Crippen LogP contribution in [0.1, 0.15) is 10.4 Å². The first-order valence-electron chi connectivity index (χ1n) is 7.39. The van der Waals surface area contributed by atoms with E-state index >= 15 is 0 Å². The lowest BCUT2D eigenvalue weighted by Gasteiger charge is -2.34. The van der Waals surface area contributed by atoms with Gasteiger partial charge < -0.3 is 4.90 Å². The minimum atomic E-state index is 0.138. The highest BCUT2D eigenvalue weighted by molar-refractivity contribution is 5.98. The summed E-state index contributed by atoms with van der Waals surface area (Å²) < 4.78 is 0. The Labute approximate surface area is 125 Å². The minimum absolute atomic E-state index is 0.138. The summed E-state index contributed by atoms with van der Waals surface area (Å²) >= 11 is 0. The number of carbonyl (C=O) groups is 1. The molecule has 0 saturated carbocycles. The molecule has 0 radical (unpaired) electrons. The summed E-state index contributed by atoms with van der Waals surface area (Å²) in [5.41, 5.74) is 0.783. The number of fused-ring (bicyclic) bond motifs is 1. The minimum Gasteiger partial charge on any atom is -0.336 e. The Bertz CT molecular complexity index is 657. The van der Waals surface area contributed by atoms with Crippen LogP contribution in [-0.2, 0) is 0 Å². The van der Waals surface area contributed by atoms with Crippen molar-refractivity contribution >= 4 is 16.7 Å². The molecule has 0 aromatic heterocycles. The van der Waals surface area contributed by atoms with Crippen LogP contribution in [0.2, 0.25) is 0 Å². The number of amides is 1. The Kier molecular flexibility index (Phi) is 4.02. The summed E-state index contributed by atoms with van der Waals surface area (Å²) in [6.45, 7) is 8.09. The van der Waals surface area contributed by atoms with Crippen molar-refractivity contribution in [3.8, 4) is 0 Å². The summed E-state index contributed by atoms with van der Waals surface area (Å²) in [7, 11) is 0. The van der Waals surface area contributed by atoms with Crippen LogP contribution in [0.25, 0.3) is 10.8 Å². The Hall–Kier alpha value is -2.13. The quantitative estimate of drug-likeness (QED) is 0.807. The lowest BCUT2D eigenvalue weighted by molar-refractivity contribution is 0.0650. The zero-order chi connectivity index (χ0) is 14.7. The molecule has 1 aliphatic heterocycles. The highest BCUT2D eigenvalue weighted by Gasteiger charge is 2.21. The number of piperazine rings is 1. The van der Waals surface area contributed by atoms with E-state index in [1.807, 2.05) is 47.4 Å².